The van der Waals surface area contributed by atoms with Gasteiger partial charge in [0, 0.05) is 10.9 Å². The number of carbonyl (C=O) groups excluding carboxylic acids is 1. The summed E-state index contributed by atoms with van der Waals surface area (Å²) in [6.07, 6.45) is 0. The molecule has 0 aliphatic heterocycles. The Morgan fingerprint density at radius 2 is 1.79 bits per heavy atom. The molecule has 0 unspecified atom stereocenters. The summed E-state index contributed by atoms with van der Waals surface area (Å²) in [5.74, 6) is 2.14. The number of anilines is 1. The summed E-state index contributed by atoms with van der Waals surface area (Å²) in [5.41, 5.74) is 2.85. The summed E-state index contributed by atoms with van der Waals surface area (Å²) in [5, 5.41) is 5.16. The minimum atomic E-state index is -0.258. The molecule has 6 nitrogen and oxygen atoms in total. The molecule has 0 fully saturated rings. The molecule has 1 amide bonds. The fourth-order valence-corrected chi connectivity index (χ4v) is 3.45. The first-order valence-electron chi connectivity index (χ1n) is 9.20. The molecule has 3 aromatic rings. The molecule has 0 spiro atoms. The molecule has 0 saturated carbocycles. The van der Waals surface area contributed by atoms with Crippen LogP contribution in [0, 0.1) is 0 Å². The highest BCUT2D eigenvalue weighted by molar-refractivity contribution is 7.14. The Bertz CT molecular complexity index is 967. The number of hydrogen-bond acceptors (Lipinski definition) is 6. The number of carbonyl (C=O) groups is 1. The van der Waals surface area contributed by atoms with Crippen LogP contribution in [0.1, 0.15) is 25.3 Å². The second kappa shape index (κ2) is 9.43. The van der Waals surface area contributed by atoms with Crippen LogP contribution in [0.2, 0.25) is 0 Å². The number of nitrogens with zero attached hydrogens (tertiary/aromatic N) is 1. The van der Waals surface area contributed by atoms with Crippen molar-refractivity contribution in [1.82, 2.24) is 4.98 Å². The molecule has 1 N–H and O–H groups in total. The zero-order chi connectivity index (χ0) is 20.8. The van der Waals surface area contributed by atoms with Crippen LogP contribution in [0.25, 0.3) is 11.3 Å². The highest BCUT2D eigenvalue weighted by atomic mass is 32.1. The van der Waals surface area contributed by atoms with E-state index >= 15 is 0 Å². The largest absolute Gasteiger partial charge is 0.493 e. The number of ether oxygens (including phenoxy) is 3. The Labute approximate surface area is 174 Å². The van der Waals surface area contributed by atoms with E-state index in [2.05, 4.69) is 24.1 Å². The second-order valence-corrected chi connectivity index (χ2v) is 7.53. The predicted octanol–water partition coefficient (Wildman–Crippen LogP) is 4.97. The number of hydrogen-bond donors (Lipinski definition) is 1. The van der Waals surface area contributed by atoms with E-state index in [-0.39, 0.29) is 12.5 Å². The Kier molecular flexibility index (Phi) is 6.72. The summed E-state index contributed by atoms with van der Waals surface area (Å²) in [6, 6.07) is 13.3. The van der Waals surface area contributed by atoms with E-state index < -0.39 is 0 Å². The molecule has 1 heterocycles. The van der Waals surface area contributed by atoms with E-state index in [0.717, 1.165) is 11.3 Å². The Morgan fingerprint density at radius 1 is 1.07 bits per heavy atom. The number of aromatic nitrogens is 1. The van der Waals surface area contributed by atoms with Gasteiger partial charge >= 0.3 is 0 Å². The van der Waals surface area contributed by atoms with Gasteiger partial charge in [0.2, 0.25) is 0 Å². The van der Waals surface area contributed by atoms with Crippen LogP contribution < -0.4 is 19.5 Å². The summed E-state index contributed by atoms with van der Waals surface area (Å²) < 4.78 is 16.1. The number of benzene rings is 2. The Balaban J connectivity index is 1.59. The lowest BCUT2D eigenvalue weighted by Crippen LogP contribution is -2.20. The van der Waals surface area contributed by atoms with E-state index in [0.29, 0.717) is 28.3 Å². The highest BCUT2D eigenvalue weighted by Crippen LogP contribution is 2.33. The van der Waals surface area contributed by atoms with Crippen molar-refractivity contribution in [2.75, 3.05) is 26.1 Å². The highest BCUT2D eigenvalue weighted by Gasteiger charge is 2.11. The van der Waals surface area contributed by atoms with Gasteiger partial charge in [-0.3, -0.25) is 10.1 Å². The molecular weight excluding hydrogens is 388 g/mol. The van der Waals surface area contributed by atoms with Crippen LogP contribution in [-0.2, 0) is 4.79 Å². The Morgan fingerprint density at radius 3 is 2.45 bits per heavy atom. The van der Waals surface area contributed by atoms with Crippen molar-refractivity contribution in [2.45, 2.75) is 19.8 Å². The second-order valence-electron chi connectivity index (χ2n) is 6.67. The third-order valence-corrected chi connectivity index (χ3v) is 5.10. The van der Waals surface area contributed by atoms with Crippen molar-refractivity contribution in [3.63, 3.8) is 0 Å². The first kappa shape index (κ1) is 20.7. The van der Waals surface area contributed by atoms with Gasteiger partial charge in [-0.15, -0.1) is 11.3 Å². The number of methoxy groups -OCH3 is 2. The van der Waals surface area contributed by atoms with Gasteiger partial charge in [-0.05, 0) is 41.8 Å². The summed E-state index contributed by atoms with van der Waals surface area (Å²) in [4.78, 5) is 16.7. The first-order valence-corrected chi connectivity index (χ1v) is 10.1. The summed E-state index contributed by atoms with van der Waals surface area (Å²) in [6.45, 7) is 4.19. The molecule has 7 heteroatoms. The standard InChI is InChI=1S/C22H24N2O4S/c1-14(2)15-5-8-17(9-6-15)28-12-21(25)24-22-23-18(13-29-22)16-7-10-19(26-3)20(11-16)27-4/h5-11,13-14H,12H2,1-4H3,(H,23,24,25). The van der Waals surface area contributed by atoms with Gasteiger partial charge in [0.05, 0.1) is 19.9 Å². The van der Waals surface area contributed by atoms with Crippen LogP contribution in [0.5, 0.6) is 17.2 Å². The number of amides is 1. The van der Waals surface area contributed by atoms with Crippen molar-refractivity contribution in [1.29, 1.82) is 0 Å². The van der Waals surface area contributed by atoms with Crippen molar-refractivity contribution in [3.8, 4) is 28.5 Å². The van der Waals surface area contributed by atoms with Crippen LogP contribution in [-0.4, -0.2) is 31.7 Å². The first-order chi connectivity index (χ1) is 14.0. The molecule has 3 rings (SSSR count). The lowest BCUT2D eigenvalue weighted by molar-refractivity contribution is -0.118. The molecule has 0 radical (unpaired) electrons. The quantitative estimate of drug-likeness (QED) is 0.566. The zero-order valence-corrected chi connectivity index (χ0v) is 17.7. The third kappa shape index (κ3) is 5.26. The van der Waals surface area contributed by atoms with Gasteiger partial charge in [0.25, 0.3) is 5.91 Å². The monoisotopic (exact) mass is 412 g/mol. The minimum absolute atomic E-state index is 0.0771. The maximum absolute atomic E-state index is 12.2. The molecule has 0 aliphatic rings. The average molecular weight is 413 g/mol. The topological polar surface area (TPSA) is 69.7 Å². The van der Waals surface area contributed by atoms with Crippen LogP contribution >= 0.6 is 11.3 Å². The molecule has 1 aromatic heterocycles. The Hall–Kier alpha value is -3.06. The van der Waals surface area contributed by atoms with Crippen molar-refractivity contribution in [2.24, 2.45) is 0 Å². The van der Waals surface area contributed by atoms with E-state index in [1.54, 1.807) is 14.2 Å². The van der Waals surface area contributed by atoms with Crippen LogP contribution in [0.15, 0.2) is 47.8 Å². The predicted molar refractivity (Wildman–Crippen MR) is 115 cm³/mol. The molecule has 0 saturated heterocycles. The van der Waals surface area contributed by atoms with E-state index in [9.17, 15) is 4.79 Å². The zero-order valence-electron chi connectivity index (χ0n) is 16.9. The van der Waals surface area contributed by atoms with Crippen molar-refractivity contribution >= 4 is 22.4 Å². The lowest BCUT2D eigenvalue weighted by atomic mass is 10.0. The number of nitrogens with one attached hydrogen (secondary N) is 1. The van der Waals surface area contributed by atoms with Gasteiger partial charge < -0.3 is 14.2 Å². The molecule has 0 aliphatic carbocycles. The van der Waals surface area contributed by atoms with Gasteiger partial charge in [0.15, 0.2) is 23.2 Å². The van der Waals surface area contributed by atoms with Gasteiger partial charge in [-0.1, -0.05) is 26.0 Å². The molecular formula is C22H24N2O4S. The number of thiazole rings is 1. The van der Waals surface area contributed by atoms with E-state index in [4.69, 9.17) is 14.2 Å². The lowest BCUT2D eigenvalue weighted by Gasteiger charge is -2.09. The van der Waals surface area contributed by atoms with Crippen LogP contribution in [0.4, 0.5) is 5.13 Å². The fraction of sp³-hybridized carbons (Fsp3) is 0.273. The summed E-state index contributed by atoms with van der Waals surface area (Å²) >= 11 is 1.35. The normalized spacial score (nSPS) is 10.7. The molecule has 0 bridgehead atoms. The van der Waals surface area contributed by atoms with Gasteiger partial charge in [0.1, 0.15) is 5.75 Å². The van der Waals surface area contributed by atoms with Crippen molar-refractivity contribution < 1.29 is 19.0 Å². The summed E-state index contributed by atoms with van der Waals surface area (Å²) in [7, 11) is 3.18. The minimum Gasteiger partial charge on any atom is -0.493 e. The maximum atomic E-state index is 12.2. The molecule has 29 heavy (non-hydrogen) atoms. The molecule has 152 valence electrons. The van der Waals surface area contributed by atoms with E-state index in [1.165, 1.54) is 16.9 Å². The molecule has 0 atom stereocenters. The molecule has 2 aromatic carbocycles. The van der Waals surface area contributed by atoms with Crippen molar-refractivity contribution in [3.05, 3.63) is 53.4 Å². The smallest absolute Gasteiger partial charge is 0.264 e. The third-order valence-electron chi connectivity index (χ3n) is 4.35. The number of rotatable bonds is 8. The maximum Gasteiger partial charge on any atom is 0.264 e. The fourth-order valence-electron chi connectivity index (χ4n) is 2.71. The van der Waals surface area contributed by atoms with Gasteiger partial charge in [-0.25, -0.2) is 4.98 Å². The average Bonchev–Trinajstić information content (AvgIpc) is 3.20. The van der Waals surface area contributed by atoms with E-state index in [1.807, 2.05) is 47.8 Å². The van der Waals surface area contributed by atoms with Gasteiger partial charge in [-0.2, -0.15) is 0 Å². The SMILES string of the molecule is COc1ccc(-c2csc(NC(=O)COc3ccc(C(C)C)cc3)n2)cc1OC. The van der Waals surface area contributed by atoms with Crippen LogP contribution in [0.3, 0.4) is 0 Å².